The number of aromatic nitrogens is 1. The first-order valence-electron chi connectivity index (χ1n) is 4.84. The molecule has 0 aliphatic heterocycles. The van der Waals surface area contributed by atoms with Gasteiger partial charge in [-0.15, -0.1) is 0 Å². The van der Waals surface area contributed by atoms with Crippen molar-refractivity contribution in [3.63, 3.8) is 0 Å². The van der Waals surface area contributed by atoms with Gasteiger partial charge in [-0.1, -0.05) is 11.6 Å². The lowest BCUT2D eigenvalue weighted by molar-refractivity contribution is 0.413. The van der Waals surface area contributed by atoms with Gasteiger partial charge in [-0.05, 0) is 38.8 Å². The van der Waals surface area contributed by atoms with Crippen LogP contribution in [-0.4, -0.2) is 23.1 Å². The van der Waals surface area contributed by atoms with Gasteiger partial charge in [-0.2, -0.15) is 0 Å². The fraction of sp³-hybridized carbons (Fsp3) is 0.455. The van der Waals surface area contributed by atoms with E-state index in [2.05, 4.69) is 30.2 Å². The Morgan fingerprint density at radius 3 is 2.75 bits per heavy atom. The molecule has 3 nitrogen and oxygen atoms in total. The second-order valence-electron chi connectivity index (χ2n) is 4.16. The van der Waals surface area contributed by atoms with Crippen molar-refractivity contribution < 1.29 is 4.74 Å². The molecule has 0 aliphatic carbocycles. The molecule has 16 heavy (non-hydrogen) atoms. The lowest BCUT2D eigenvalue weighted by atomic mass is 10.3. The summed E-state index contributed by atoms with van der Waals surface area (Å²) >= 11 is 7.45. The molecule has 0 unspecified atom stereocenters. The van der Waals surface area contributed by atoms with Gasteiger partial charge < -0.3 is 4.74 Å². The van der Waals surface area contributed by atoms with Crippen LogP contribution in [0.25, 0.3) is 0 Å². The zero-order chi connectivity index (χ0) is 12.2. The lowest BCUT2D eigenvalue weighted by Crippen LogP contribution is -2.05. The zero-order valence-corrected chi connectivity index (χ0v) is 11.4. The van der Waals surface area contributed by atoms with Gasteiger partial charge in [-0.25, -0.2) is 9.38 Å². The predicted octanol–water partition coefficient (Wildman–Crippen LogP) is 3.61. The Kier molecular flexibility index (Phi) is 4.62. The van der Waals surface area contributed by atoms with Gasteiger partial charge in [0.2, 0.25) is 0 Å². The van der Waals surface area contributed by atoms with Crippen LogP contribution in [-0.2, 0) is 0 Å². The van der Waals surface area contributed by atoms with E-state index in [1.54, 1.807) is 25.6 Å². The zero-order valence-electron chi connectivity index (χ0n) is 9.82. The molecular weight excluding hydrogens is 244 g/mol. The number of hydrogen-bond donors (Lipinski definition) is 0. The second-order valence-corrected chi connectivity index (χ2v) is 6.13. The van der Waals surface area contributed by atoms with Crippen LogP contribution in [0.1, 0.15) is 26.3 Å². The van der Waals surface area contributed by atoms with Crippen molar-refractivity contribution in [3.05, 3.63) is 23.0 Å². The fourth-order valence-corrected chi connectivity index (χ4v) is 1.64. The molecule has 0 aromatic carbocycles. The summed E-state index contributed by atoms with van der Waals surface area (Å²) in [4.78, 5) is 3.99. The van der Waals surface area contributed by atoms with Crippen LogP contribution in [0.15, 0.2) is 16.7 Å². The van der Waals surface area contributed by atoms with Crippen molar-refractivity contribution in [2.75, 3.05) is 7.11 Å². The molecule has 1 rings (SSSR count). The highest BCUT2D eigenvalue weighted by molar-refractivity contribution is 7.99. The molecule has 0 fully saturated rings. The summed E-state index contributed by atoms with van der Waals surface area (Å²) in [6, 6.07) is 1.76. The largest absolute Gasteiger partial charge is 0.496 e. The summed E-state index contributed by atoms with van der Waals surface area (Å²) in [5.74, 6) is 0.679. The third-order valence-corrected chi connectivity index (χ3v) is 2.69. The second kappa shape index (κ2) is 5.55. The van der Waals surface area contributed by atoms with Crippen LogP contribution in [0.2, 0.25) is 5.15 Å². The highest BCUT2D eigenvalue weighted by Gasteiger charge is 2.10. The number of halogens is 1. The minimum Gasteiger partial charge on any atom is -0.496 e. The smallest absolute Gasteiger partial charge is 0.141 e. The van der Waals surface area contributed by atoms with E-state index in [4.69, 9.17) is 16.3 Å². The molecule has 0 N–H and O–H groups in total. The van der Waals surface area contributed by atoms with Crippen LogP contribution < -0.4 is 4.74 Å². The van der Waals surface area contributed by atoms with Crippen molar-refractivity contribution in [3.8, 4) is 5.75 Å². The number of methoxy groups -OCH3 is 1. The van der Waals surface area contributed by atoms with Crippen LogP contribution in [0, 0.1) is 0 Å². The standard InChI is InChI=1S/C11H15ClN2OS/c1-11(2,3)16-14-7-8-9(15-4)5-6-13-10(8)12/h5-7H,1-4H3. The molecule has 1 heterocycles. The van der Waals surface area contributed by atoms with E-state index in [1.807, 2.05) is 0 Å². The summed E-state index contributed by atoms with van der Waals surface area (Å²) in [6.45, 7) is 6.28. The molecular formula is C11H15ClN2OS. The van der Waals surface area contributed by atoms with Gasteiger partial charge in [0.05, 0.1) is 12.7 Å². The first-order chi connectivity index (χ1) is 7.44. The topological polar surface area (TPSA) is 34.5 Å². The molecule has 0 spiro atoms. The Balaban J connectivity index is 2.88. The monoisotopic (exact) mass is 258 g/mol. The molecule has 0 bridgehead atoms. The van der Waals surface area contributed by atoms with E-state index in [9.17, 15) is 0 Å². The third-order valence-electron chi connectivity index (χ3n) is 1.63. The van der Waals surface area contributed by atoms with E-state index in [0.29, 0.717) is 16.5 Å². The highest BCUT2D eigenvalue weighted by Crippen LogP contribution is 2.26. The van der Waals surface area contributed by atoms with E-state index < -0.39 is 0 Å². The number of nitrogens with zero attached hydrogens (tertiary/aromatic N) is 2. The van der Waals surface area contributed by atoms with E-state index >= 15 is 0 Å². The maximum Gasteiger partial charge on any atom is 0.141 e. The normalized spacial score (nSPS) is 12.1. The van der Waals surface area contributed by atoms with Gasteiger partial charge in [0, 0.05) is 17.2 Å². The van der Waals surface area contributed by atoms with Gasteiger partial charge >= 0.3 is 0 Å². The Morgan fingerprint density at radius 1 is 1.50 bits per heavy atom. The van der Waals surface area contributed by atoms with E-state index in [1.165, 1.54) is 11.9 Å². The summed E-state index contributed by atoms with van der Waals surface area (Å²) in [5, 5.41) is 0.401. The van der Waals surface area contributed by atoms with Crippen molar-refractivity contribution in [2.24, 2.45) is 4.40 Å². The summed E-state index contributed by atoms with van der Waals surface area (Å²) < 4.78 is 9.54. The Morgan fingerprint density at radius 2 is 2.19 bits per heavy atom. The van der Waals surface area contributed by atoms with Crippen LogP contribution >= 0.6 is 23.5 Å². The number of rotatable bonds is 3. The van der Waals surface area contributed by atoms with Crippen molar-refractivity contribution in [2.45, 2.75) is 25.5 Å². The van der Waals surface area contributed by atoms with Crippen LogP contribution in [0.3, 0.4) is 0 Å². The molecule has 1 aromatic heterocycles. The van der Waals surface area contributed by atoms with Crippen molar-refractivity contribution in [1.82, 2.24) is 4.98 Å². The molecule has 1 aromatic rings. The molecule has 0 saturated carbocycles. The van der Waals surface area contributed by atoms with E-state index in [-0.39, 0.29) is 4.75 Å². The molecule has 88 valence electrons. The van der Waals surface area contributed by atoms with Gasteiger partial charge in [0.1, 0.15) is 10.9 Å². The quantitative estimate of drug-likeness (QED) is 0.472. The molecule has 0 aliphatic rings. The van der Waals surface area contributed by atoms with E-state index in [0.717, 1.165) is 0 Å². The summed E-state index contributed by atoms with van der Waals surface area (Å²) in [7, 11) is 1.60. The summed E-state index contributed by atoms with van der Waals surface area (Å²) in [5.41, 5.74) is 0.711. The highest BCUT2D eigenvalue weighted by atomic mass is 35.5. The minimum atomic E-state index is 0.0818. The van der Waals surface area contributed by atoms with Crippen molar-refractivity contribution >= 4 is 29.8 Å². The molecule has 0 atom stereocenters. The minimum absolute atomic E-state index is 0.0818. The number of hydrogen-bond acceptors (Lipinski definition) is 4. The first kappa shape index (κ1) is 13.3. The van der Waals surface area contributed by atoms with Gasteiger partial charge in [-0.3, -0.25) is 0 Å². The van der Waals surface area contributed by atoms with Gasteiger partial charge in [0.15, 0.2) is 0 Å². The number of ether oxygens (including phenoxy) is 1. The average Bonchev–Trinajstić information content (AvgIpc) is 2.18. The molecule has 5 heteroatoms. The fourth-order valence-electron chi connectivity index (χ4n) is 0.963. The molecule has 0 saturated heterocycles. The Labute approximate surface area is 105 Å². The Bertz CT molecular complexity index is 388. The maximum absolute atomic E-state index is 5.97. The van der Waals surface area contributed by atoms with Gasteiger partial charge in [0.25, 0.3) is 0 Å². The first-order valence-corrected chi connectivity index (χ1v) is 5.99. The number of pyridine rings is 1. The molecule has 0 radical (unpaired) electrons. The lowest BCUT2D eigenvalue weighted by Gasteiger charge is -2.12. The molecule has 0 amide bonds. The third kappa shape index (κ3) is 4.02. The SMILES string of the molecule is COc1ccnc(Cl)c1C=NSC(C)(C)C. The predicted molar refractivity (Wildman–Crippen MR) is 70.7 cm³/mol. The maximum atomic E-state index is 5.97. The Hall–Kier alpha value is -0.740. The average molecular weight is 259 g/mol. The van der Waals surface area contributed by atoms with Crippen LogP contribution in [0.5, 0.6) is 5.75 Å². The summed E-state index contributed by atoms with van der Waals surface area (Å²) in [6.07, 6.45) is 3.29. The van der Waals surface area contributed by atoms with Crippen molar-refractivity contribution in [1.29, 1.82) is 0 Å². The van der Waals surface area contributed by atoms with Crippen LogP contribution in [0.4, 0.5) is 0 Å².